The molecule has 7 nitrogen and oxygen atoms in total. The molecule has 1 saturated heterocycles. The third-order valence-electron chi connectivity index (χ3n) is 6.14. The first kappa shape index (κ1) is 20.7. The summed E-state index contributed by atoms with van der Waals surface area (Å²) in [6, 6.07) is 5.86. The van der Waals surface area contributed by atoms with Gasteiger partial charge in [-0.25, -0.2) is 5.06 Å². The maximum absolute atomic E-state index is 13.6. The average molecular weight is 412 g/mol. The van der Waals surface area contributed by atoms with Gasteiger partial charge < -0.3 is 14.4 Å². The number of nitrogens with zero attached hydrogens (tertiary/aromatic N) is 2. The fourth-order valence-corrected chi connectivity index (χ4v) is 4.70. The molecule has 3 heterocycles. The number of furan rings is 1. The van der Waals surface area contributed by atoms with E-state index in [9.17, 15) is 9.90 Å². The quantitative estimate of drug-likeness (QED) is 0.804. The number of aryl methyl sites for hydroxylation is 3. The van der Waals surface area contributed by atoms with Crippen molar-refractivity contribution in [2.45, 2.75) is 45.8 Å². The topological polar surface area (TPSA) is 75.4 Å². The summed E-state index contributed by atoms with van der Waals surface area (Å²) in [5, 5.41) is 14.7. The lowest BCUT2D eigenvalue weighted by molar-refractivity contribution is -0.237. The Labute approximate surface area is 176 Å². The van der Waals surface area contributed by atoms with Gasteiger partial charge in [0.05, 0.1) is 25.2 Å². The number of amides is 1. The lowest BCUT2D eigenvalue weighted by atomic mass is 9.85. The molecule has 1 N–H and O–H groups in total. The minimum Gasteiger partial charge on any atom is -0.509 e. The van der Waals surface area contributed by atoms with Crippen LogP contribution in [0.3, 0.4) is 0 Å². The summed E-state index contributed by atoms with van der Waals surface area (Å²) in [6.07, 6.45) is 4.18. The molecule has 7 heteroatoms. The van der Waals surface area contributed by atoms with Crippen molar-refractivity contribution in [2.24, 2.45) is 0 Å². The van der Waals surface area contributed by atoms with Crippen LogP contribution in [0.2, 0.25) is 0 Å². The fraction of sp³-hybridized carbons (Fsp3) is 0.435. The largest absolute Gasteiger partial charge is 0.509 e. The van der Waals surface area contributed by atoms with Gasteiger partial charge in [0.15, 0.2) is 0 Å². The zero-order valence-corrected chi connectivity index (χ0v) is 17.9. The first-order valence-corrected chi connectivity index (χ1v) is 10.2. The fourth-order valence-electron chi connectivity index (χ4n) is 4.70. The van der Waals surface area contributed by atoms with E-state index in [2.05, 4.69) is 0 Å². The highest BCUT2D eigenvalue weighted by Crippen LogP contribution is 2.46. The van der Waals surface area contributed by atoms with Crippen LogP contribution in [0.1, 0.15) is 40.7 Å². The van der Waals surface area contributed by atoms with Gasteiger partial charge >= 0.3 is 0 Å². The van der Waals surface area contributed by atoms with Crippen LogP contribution in [0.25, 0.3) is 5.57 Å². The Morgan fingerprint density at radius 3 is 2.40 bits per heavy atom. The monoisotopic (exact) mass is 412 g/mol. The smallest absolute Gasteiger partial charge is 0.282 e. The van der Waals surface area contributed by atoms with E-state index in [1.165, 1.54) is 5.06 Å². The summed E-state index contributed by atoms with van der Waals surface area (Å²) in [4.78, 5) is 25.0. The van der Waals surface area contributed by atoms with Crippen LogP contribution in [0.5, 0.6) is 0 Å². The summed E-state index contributed by atoms with van der Waals surface area (Å²) in [5.74, 6) is -0.220. The van der Waals surface area contributed by atoms with Crippen LogP contribution in [0.4, 0.5) is 0 Å². The number of hydrogen-bond acceptors (Lipinski definition) is 6. The van der Waals surface area contributed by atoms with E-state index >= 15 is 0 Å². The molecule has 1 spiro atoms. The van der Waals surface area contributed by atoms with E-state index in [0.717, 1.165) is 27.8 Å². The number of benzene rings is 1. The molecule has 2 aromatic rings. The summed E-state index contributed by atoms with van der Waals surface area (Å²) >= 11 is 0. The van der Waals surface area contributed by atoms with Gasteiger partial charge in [-0.3, -0.25) is 9.63 Å². The molecule has 1 amide bonds. The molecule has 30 heavy (non-hydrogen) atoms. The first-order valence-electron chi connectivity index (χ1n) is 10.2. The zero-order valence-electron chi connectivity index (χ0n) is 17.9. The van der Waals surface area contributed by atoms with E-state index in [1.807, 2.05) is 38.0 Å². The van der Waals surface area contributed by atoms with Crippen LogP contribution in [0, 0.1) is 20.8 Å². The van der Waals surface area contributed by atoms with Gasteiger partial charge in [0, 0.05) is 18.7 Å². The van der Waals surface area contributed by atoms with Crippen LogP contribution in [-0.4, -0.2) is 46.9 Å². The molecule has 0 bridgehead atoms. The van der Waals surface area contributed by atoms with Crippen molar-refractivity contribution < 1.29 is 24.0 Å². The molecule has 1 aromatic carbocycles. The van der Waals surface area contributed by atoms with Crippen LogP contribution < -0.4 is 0 Å². The Bertz CT molecular complexity index is 948. The standard InChI is InChI=1S/C23H28N2O5/c1-15-11-16(2)19(17(3)12-15)20-21(26)23(6-8-24(28-4)9-7-23)25(22(20)27)30-14-18-5-10-29-13-18/h5,10-13,26H,6-9,14H2,1-4H3. The van der Waals surface area contributed by atoms with Crippen molar-refractivity contribution >= 4 is 11.5 Å². The minimum atomic E-state index is -0.908. The number of carbonyl (C=O) groups is 1. The lowest BCUT2D eigenvalue weighted by Crippen LogP contribution is -2.54. The van der Waals surface area contributed by atoms with Gasteiger partial charge in [-0.05, 0) is 56.4 Å². The van der Waals surface area contributed by atoms with Crippen LogP contribution in [-0.2, 0) is 21.1 Å². The molecule has 0 atom stereocenters. The predicted octanol–water partition coefficient (Wildman–Crippen LogP) is 3.84. The molecule has 2 aliphatic rings. The molecule has 0 radical (unpaired) electrons. The van der Waals surface area contributed by atoms with Crippen LogP contribution in [0.15, 0.2) is 40.9 Å². The van der Waals surface area contributed by atoms with E-state index in [4.69, 9.17) is 14.1 Å². The van der Waals surface area contributed by atoms with Crippen molar-refractivity contribution in [3.63, 3.8) is 0 Å². The van der Waals surface area contributed by atoms with Gasteiger partial charge in [-0.15, -0.1) is 0 Å². The average Bonchev–Trinajstić information content (AvgIpc) is 3.29. The van der Waals surface area contributed by atoms with Gasteiger partial charge in [0.1, 0.15) is 17.9 Å². The Balaban J connectivity index is 1.76. The minimum absolute atomic E-state index is 0.0884. The molecule has 0 aliphatic carbocycles. The van der Waals surface area contributed by atoms with E-state index in [-0.39, 0.29) is 18.3 Å². The Hall–Kier alpha value is -2.61. The van der Waals surface area contributed by atoms with Gasteiger partial charge in [-0.2, -0.15) is 5.06 Å². The molecule has 4 rings (SSSR count). The molecular formula is C23H28N2O5. The van der Waals surface area contributed by atoms with Crippen molar-refractivity contribution in [3.8, 4) is 0 Å². The molecule has 1 aromatic heterocycles. The maximum atomic E-state index is 13.6. The number of piperidine rings is 1. The second-order valence-electron chi connectivity index (χ2n) is 8.15. The number of aliphatic hydroxyl groups excluding tert-OH is 1. The summed E-state index contributed by atoms with van der Waals surface area (Å²) in [5.41, 5.74) is 4.08. The van der Waals surface area contributed by atoms with E-state index in [1.54, 1.807) is 25.7 Å². The summed E-state index contributed by atoms with van der Waals surface area (Å²) < 4.78 is 5.11. The second kappa shape index (κ2) is 7.91. The Kier molecular flexibility index (Phi) is 5.44. The molecular weight excluding hydrogens is 384 g/mol. The van der Waals surface area contributed by atoms with Crippen molar-refractivity contribution in [1.82, 2.24) is 10.1 Å². The number of aliphatic hydroxyl groups is 1. The van der Waals surface area contributed by atoms with Crippen LogP contribution >= 0.6 is 0 Å². The highest BCUT2D eigenvalue weighted by Gasteiger charge is 2.55. The van der Waals surface area contributed by atoms with Crippen molar-refractivity contribution in [2.75, 3.05) is 20.2 Å². The second-order valence-corrected chi connectivity index (χ2v) is 8.15. The maximum Gasteiger partial charge on any atom is 0.282 e. The molecule has 2 aliphatic heterocycles. The Morgan fingerprint density at radius 2 is 1.83 bits per heavy atom. The molecule has 0 saturated carbocycles. The third kappa shape index (κ3) is 3.33. The number of carbonyl (C=O) groups excluding carboxylic acids is 1. The molecule has 0 unspecified atom stereocenters. The number of rotatable bonds is 5. The number of hydroxylamine groups is 4. The highest BCUT2D eigenvalue weighted by atomic mass is 16.7. The lowest BCUT2D eigenvalue weighted by Gasteiger charge is -2.42. The van der Waals surface area contributed by atoms with Crippen molar-refractivity contribution in [1.29, 1.82) is 0 Å². The van der Waals surface area contributed by atoms with Crippen molar-refractivity contribution in [3.05, 3.63) is 64.3 Å². The van der Waals surface area contributed by atoms with E-state index < -0.39 is 5.54 Å². The summed E-state index contributed by atoms with van der Waals surface area (Å²) in [7, 11) is 1.63. The predicted molar refractivity (Wildman–Crippen MR) is 111 cm³/mol. The SMILES string of the molecule is CON1CCC2(CC1)C(O)=C(c1c(C)cc(C)cc1C)C(=O)N2OCc1ccoc1. The zero-order chi connectivity index (χ0) is 21.5. The Morgan fingerprint density at radius 1 is 1.17 bits per heavy atom. The van der Waals surface area contributed by atoms with Gasteiger partial charge in [0.25, 0.3) is 5.91 Å². The first-order chi connectivity index (χ1) is 14.4. The third-order valence-corrected chi connectivity index (χ3v) is 6.14. The van der Waals surface area contributed by atoms with E-state index in [0.29, 0.717) is 31.5 Å². The molecule has 160 valence electrons. The highest BCUT2D eigenvalue weighted by molar-refractivity contribution is 6.23. The summed E-state index contributed by atoms with van der Waals surface area (Å²) in [6.45, 7) is 7.31. The number of hydrogen-bond donors (Lipinski definition) is 1. The normalized spacial score (nSPS) is 19.3. The van der Waals surface area contributed by atoms with Gasteiger partial charge in [0.2, 0.25) is 0 Å². The van der Waals surface area contributed by atoms with Gasteiger partial charge in [-0.1, -0.05) is 17.7 Å². The molecule has 1 fully saturated rings.